The van der Waals surface area contributed by atoms with Crippen molar-refractivity contribution in [2.24, 2.45) is 16.8 Å². The van der Waals surface area contributed by atoms with E-state index in [1.54, 1.807) is 0 Å². The van der Waals surface area contributed by atoms with Gasteiger partial charge in [0.2, 0.25) is 0 Å². The van der Waals surface area contributed by atoms with E-state index in [9.17, 15) is 5.02 Å². The van der Waals surface area contributed by atoms with Crippen LogP contribution in [0.3, 0.4) is 0 Å². The molecule has 3 nitrogen and oxygen atoms in total. The lowest BCUT2D eigenvalue weighted by Gasteiger charge is -2.55. The van der Waals surface area contributed by atoms with Gasteiger partial charge in [0.1, 0.15) is 0 Å². The molecule has 0 spiro atoms. The van der Waals surface area contributed by atoms with E-state index in [-0.39, 0.29) is 11.3 Å². The molecule has 146 valence electrons. The van der Waals surface area contributed by atoms with E-state index in [1.807, 2.05) is 18.2 Å². The van der Waals surface area contributed by atoms with Crippen molar-refractivity contribution in [3.05, 3.63) is 35.9 Å². The van der Waals surface area contributed by atoms with Crippen LogP contribution in [0.25, 0.3) is 0 Å². The molecule has 4 aliphatic rings. The first-order valence-corrected chi connectivity index (χ1v) is 11.5. The summed E-state index contributed by atoms with van der Waals surface area (Å²) in [6.07, 6.45) is 14.6. The van der Waals surface area contributed by atoms with Crippen molar-refractivity contribution in [3.8, 4) is 0 Å². The molecule has 4 heteroatoms. The molecule has 0 saturated heterocycles. The molecule has 0 aromatic heterocycles. The molecule has 1 heterocycles. The molecule has 0 amide bonds. The first-order chi connectivity index (χ1) is 13.2. The standard InChI is InChI=1S/C23H33BNO2/c26-24(21-16-8-9-17-21)23(19-12-4-5-13-19,20-14-6-7-15-20)25-22(27-24)18-10-2-1-3-11-18/h1-3,10-11,19-21,26H,4-9,12-17H2/q-1. The van der Waals surface area contributed by atoms with Crippen molar-refractivity contribution in [1.29, 1.82) is 0 Å². The number of nitrogens with zero attached hydrogens (tertiary/aromatic N) is 1. The van der Waals surface area contributed by atoms with Gasteiger partial charge in [-0.25, -0.2) is 0 Å². The second kappa shape index (κ2) is 6.95. The van der Waals surface area contributed by atoms with Gasteiger partial charge < -0.3 is 9.68 Å². The predicted molar refractivity (Wildman–Crippen MR) is 111 cm³/mol. The molecule has 0 radical (unpaired) electrons. The minimum absolute atomic E-state index is 0.288. The molecule has 3 aliphatic carbocycles. The number of hydrogen-bond donors (Lipinski definition) is 1. The number of aliphatic imine (C=N–C) groups is 1. The number of hydrogen-bond acceptors (Lipinski definition) is 3. The van der Waals surface area contributed by atoms with Crippen molar-refractivity contribution in [2.45, 2.75) is 88.3 Å². The summed E-state index contributed by atoms with van der Waals surface area (Å²) >= 11 is 0. The fraction of sp³-hybridized carbons (Fsp3) is 0.696. The Bertz CT molecular complexity index is 672. The van der Waals surface area contributed by atoms with Gasteiger partial charge in [-0.2, -0.15) is 0 Å². The fourth-order valence-electron chi connectivity index (χ4n) is 7.12. The summed E-state index contributed by atoms with van der Waals surface area (Å²) in [7, 11) is 0. The largest absolute Gasteiger partial charge is 0.677 e. The Balaban J connectivity index is 1.64. The van der Waals surface area contributed by atoms with Crippen LogP contribution >= 0.6 is 0 Å². The molecule has 27 heavy (non-hydrogen) atoms. The molecule has 1 aromatic carbocycles. The zero-order valence-electron chi connectivity index (χ0n) is 16.5. The van der Waals surface area contributed by atoms with Crippen LogP contribution in [0, 0.1) is 11.8 Å². The van der Waals surface area contributed by atoms with E-state index < -0.39 is 6.55 Å². The summed E-state index contributed by atoms with van der Waals surface area (Å²) in [6.45, 7) is -1.97. The number of rotatable bonds is 4. The van der Waals surface area contributed by atoms with Gasteiger partial charge in [-0.3, -0.25) is 4.99 Å². The molecule has 1 aromatic rings. The van der Waals surface area contributed by atoms with Crippen LogP contribution in [0.4, 0.5) is 0 Å². The van der Waals surface area contributed by atoms with Gasteiger partial charge >= 0.3 is 6.55 Å². The van der Waals surface area contributed by atoms with Crippen LogP contribution in [0.15, 0.2) is 35.3 Å². The Labute approximate surface area is 163 Å². The van der Waals surface area contributed by atoms with Gasteiger partial charge in [0.15, 0.2) is 5.90 Å². The van der Waals surface area contributed by atoms with Crippen LogP contribution < -0.4 is 0 Å². The molecule has 5 rings (SSSR count). The lowest BCUT2D eigenvalue weighted by molar-refractivity contribution is 0.197. The lowest BCUT2D eigenvalue weighted by Crippen LogP contribution is -2.66. The smallest absolute Gasteiger partial charge is 0.322 e. The van der Waals surface area contributed by atoms with Gasteiger partial charge in [0.25, 0.3) is 0 Å². The normalized spacial score (nSPS) is 32.1. The minimum Gasteiger partial charge on any atom is -0.677 e. The highest BCUT2D eigenvalue weighted by atomic mass is 16.6. The predicted octanol–water partition coefficient (Wildman–Crippen LogP) is 5.50. The topological polar surface area (TPSA) is 41.8 Å². The van der Waals surface area contributed by atoms with Gasteiger partial charge in [-0.05, 0) is 24.0 Å². The van der Waals surface area contributed by atoms with Gasteiger partial charge in [-0.1, -0.05) is 95.2 Å². The summed E-state index contributed by atoms with van der Waals surface area (Å²) in [5.74, 6) is 2.00. The molecule has 3 saturated carbocycles. The molecular weight excluding hydrogens is 333 g/mol. The lowest BCUT2D eigenvalue weighted by atomic mass is 9.30. The quantitative estimate of drug-likeness (QED) is 0.715. The first-order valence-electron chi connectivity index (χ1n) is 11.5. The molecule has 0 bridgehead atoms. The molecular formula is C23H33BNO2-. The van der Waals surface area contributed by atoms with Crippen molar-refractivity contribution < 1.29 is 9.68 Å². The summed E-state index contributed by atoms with van der Waals surface area (Å²) < 4.78 is 6.63. The van der Waals surface area contributed by atoms with Gasteiger partial charge in [0.05, 0.1) is 0 Å². The maximum absolute atomic E-state index is 12.4. The maximum Gasteiger partial charge on any atom is 0.322 e. The first kappa shape index (κ1) is 17.8. The van der Waals surface area contributed by atoms with Crippen molar-refractivity contribution >= 4 is 12.4 Å². The average Bonchev–Trinajstić information content (AvgIpc) is 3.49. The summed E-state index contributed by atoms with van der Waals surface area (Å²) in [6, 6.07) is 10.3. The summed E-state index contributed by atoms with van der Waals surface area (Å²) in [5, 5.41) is 12.4. The van der Waals surface area contributed by atoms with E-state index in [0.717, 1.165) is 24.3 Å². The monoisotopic (exact) mass is 366 g/mol. The number of benzene rings is 1. The summed E-state index contributed by atoms with van der Waals surface area (Å²) in [4.78, 5) is 5.42. The van der Waals surface area contributed by atoms with E-state index in [1.165, 1.54) is 64.2 Å². The third kappa shape index (κ3) is 2.70. The second-order valence-electron chi connectivity index (χ2n) is 9.60. The Hall–Kier alpha value is -1.29. The van der Waals surface area contributed by atoms with Crippen LogP contribution in [-0.4, -0.2) is 22.9 Å². The Morgan fingerprint density at radius 3 is 1.89 bits per heavy atom. The maximum atomic E-state index is 12.4. The van der Waals surface area contributed by atoms with Crippen LogP contribution in [0.1, 0.15) is 82.6 Å². The summed E-state index contributed by atoms with van der Waals surface area (Å²) in [5.41, 5.74) is 0.668. The van der Waals surface area contributed by atoms with E-state index in [2.05, 4.69) is 12.1 Å². The van der Waals surface area contributed by atoms with Crippen molar-refractivity contribution in [2.75, 3.05) is 0 Å². The van der Waals surface area contributed by atoms with E-state index >= 15 is 0 Å². The second-order valence-corrected chi connectivity index (χ2v) is 9.60. The molecule has 1 N–H and O–H groups in total. The fourth-order valence-corrected chi connectivity index (χ4v) is 7.12. The van der Waals surface area contributed by atoms with Crippen molar-refractivity contribution in [1.82, 2.24) is 0 Å². The van der Waals surface area contributed by atoms with Crippen molar-refractivity contribution in [3.63, 3.8) is 0 Å². The Morgan fingerprint density at radius 2 is 1.33 bits per heavy atom. The minimum atomic E-state index is -1.97. The third-order valence-corrected chi connectivity index (χ3v) is 8.33. The van der Waals surface area contributed by atoms with E-state index in [4.69, 9.17) is 9.65 Å². The zero-order valence-corrected chi connectivity index (χ0v) is 16.5. The average molecular weight is 366 g/mol. The highest BCUT2D eigenvalue weighted by molar-refractivity contribution is 6.74. The third-order valence-electron chi connectivity index (χ3n) is 8.33. The van der Waals surface area contributed by atoms with Crippen LogP contribution in [0.5, 0.6) is 0 Å². The Morgan fingerprint density at radius 1 is 0.815 bits per heavy atom. The molecule has 1 aliphatic heterocycles. The van der Waals surface area contributed by atoms with Crippen LogP contribution in [-0.2, 0) is 4.65 Å². The van der Waals surface area contributed by atoms with E-state index in [0.29, 0.717) is 11.8 Å². The van der Waals surface area contributed by atoms with Gasteiger partial charge in [0, 0.05) is 11.0 Å². The highest BCUT2D eigenvalue weighted by Gasteiger charge is 2.63. The van der Waals surface area contributed by atoms with Gasteiger partial charge in [-0.15, -0.1) is 5.82 Å². The van der Waals surface area contributed by atoms with Crippen LogP contribution in [0.2, 0.25) is 5.82 Å². The molecule has 1 atom stereocenters. The zero-order chi connectivity index (χ0) is 18.3. The molecule has 3 fully saturated rings. The Kier molecular flexibility index (Phi) is 4.58. The highest BCUT2D eigenvalue weighted by Crippen LogP contribution is 2.58. The SMILES string of the molecule is O[B-]1(C2CCCC2)OC(c2ccccc2)=NC1(C1CCCC1)C1CCCC1. The molecule has 1 unspecified atom stereocenters.